The Labute approximate surface area is 129 Å². The highest BCUT2D eigenvalue weighted by atomic mass is 35.5. The Kier molecular flexibility index (Phi) is 6.36. The highest BCUT2D eigenvalue weighted by Gasteiger charge is 2.24. The maximum Gasteiger partial charge on any atom is 0.242 e. The number of halogens is 3. The number of sulfonamides is 1. The molecule has 0 bridgehead atoms. The van der Waals surface area contributed by atoms with Crippen LogP contribution < -0.4 is 10.0 Å². The lowest BCUT2D eigenvalue weighted by molar-refractivity contribution is 0.428. The minimum Gasteiger partial charge on any atom is -0.315 e. The van der Waals surface area contributed by atoms with E-state index in [0.29, 0.717) is 6.54 Å². The van der Waals surface area contributed by atoms with Crippen molar-refractivity contribution in [2.45, 2.75) is 23.8 Å². The molecule has 1 aromatic rings. The van der Waals surface area contributed by atoms with Crippen LogP contribution in [0, 0.1) is 0 Å². The van der Waals surface area contributed by atoms with E-state index in [1.54, 1.807) is 12.1 Å². The van der Waals surface area contributed by atoms with Crippen molar-refractivity contribution < 1.29 is 8.42 Å². The fraction of sp³-hybridized carbons (Fsp3) is 0.455. The van der Waals surface area contributed by atoms with Crippen molar-refractivity contribution in [3.63, 3.8) is 0 Å². The lowest BCUT2D eigenvalue weighted by Crippen LogP contribution is -2.45. The van der Waals surface area contributed by atoms with E-state index in [-0.39, 0.29) is 33.4 Å². The molecule has 0 saturated carbocycles. The lowest BCUT2D eigenvalue weighted by Gasteiger charge is -2.23. The third-order valence-corrected chi connectivity index (χ3v) is 5.32. The highest BCUT2D eigenvalue weighted by molar-refractivity contribution is 7.89. The van der Waals surface area contributed by atoms with Gasteiger partial charge in [-0.2, -0.15) is 0 Å². The summed E-state index contributed by atoms with van der Waals surface area (Å²) in [6.45, 7) is 1.56. The molecule has 2 N–H and O–H groups in total. The Hall–Kier alpha value is -0.0400. The molecule has 8 heteroatoms. The van der Waals surface area contributed by atoms with Gasteiger partial charge in [-0.05, 0) is 31.5 Å². The van der Waals surface area contributed by atoms with E-state index in [4.69, 9.17) is 23.2 Å². The first-order chi connectivity index (χ1) is 8.50. The van der Waals surface area contributed by atoms with Crippen LogP contribution in [-0.4, -0.2) is 27.5 Å². The predicted molar refractivity (Wildman–Crippen MR) is 79.9 cm³/mol. The molecule has 108 valence electrons. The van der Waals surface area contributed by atoms with Gasteiger partial charge in [0, 0.05) is 12.6 Å². The number of piperidine rings is 1. The molecular weight excluding hydrogens is 331 g/mol. The Morgan fingerprint density at radius 2 is 2.05 bits per heavy atom. The van der Waals surface area contributed by atoms with Crippen molar-refractivity contribution in [2.75, 3.05) is 13.1 Å². The van der Waals surface area contributed by atoms with Gasteiger partial charge in [0.25, 0.3) is 0 Å². The molecule has 1 saturated heterocycles. The second kappa shape index (κ2) is 7.11. The molecular formula is C11H15Cl3N2O2S. The van der Waals surface area contributed by atoms with E-state index in [9.17, 15) is 8.42 Å². The van der Waals surface area contributed by atoms with Gasteiger partial charge in [0.05, 0.1) is 10.0 Å². The third kappa shape index (κ3) is 4.21. The Morgan fingerprint density at radius 1 is 1.32 bits per heavy atom. The first-order valence-electron chi connectivity index (χ1n) is 5.68. The van der Waals surface area contributed by atoms with Crippen LogP contribution in [0.3, 0.4) is 0 Å². The summed E-state index contributed by atoms with van der Waals surface area (Å²) < 4.78 is 27.0. The Bertz CT molecular complexity index is 531. The molecule has 1 aliphatic rings. The summed E-state index contributed by atoms with van der Waals surface area (Å²) in [5.41, 5.74) is 0. The molecule has 0 aliphatic carbocycles. The quantitative estimate of drug-likeness (QED) is 0.884. The molecule has 0 unspecified atom stereocenters. The van der Waals surface area contributed by atoms with Crippen LogP contribution in [0.2, 0.25) is 10.0 Å². The van der Waals surface area contributed by atoms with Crippen LogP contribution in [0.5, 0.6) is 0 Å². The van der Waals surface area contributed by atoms with Gasteiger partial charge in [-0.15, -0.1) is 12.4 Å². The summed E-state index contributed by atoms with van der Waals surface area (Å²) in [6, 6.07) is 4.48. The minimum atomic E-state index is -3.62. The SMILES string of the molecule is Cl.O=S(=O)(N[C@H]1CCCNC1)c1cccc(Cl)c1Cl. The van der Waals surface area contributed by atoms with Crippen LogP contribution in [0.15, 0.2) is 23.1 Å². The maximum absolute atomic E-state index is 12.2. The topological polar surface area (TPSA) is 58.2 Å². The number of nitrogens with one attached hydrogen (secondary N) is 2. The van der Waals surface area contributed by atoms with Gasteiger partial charge in [0.15, 0.2) is 0 Å². The van der Waals surface area contributed by atoms with Crippen LogP contribution in [0.1, 0.15) is 12.8 Å². The molecule has 0 amide bonds. The fourth-order valence-corrected chi connectivity index (χ4v) is 3.96. The third-order valence-electron chi connectivity index (χ3n) is 2.82. The van der Waals surface area contributed by atoms with Crippen molar-refractivity contribution in [1.82, 2.24) is 10.0 Å². The zero-order chi connectivity index (χ0) is 13.2. The van der Waals surface area contributed by atoms with Crippen LogP contribution in [-0.2, 0) is 10.0 Å². The maximum atomic E-state index is 12.2. The van der Waals surface area contributed by atoms with Gasteiger partial charge < -0.3 is 5.32 Å². The Balaban J connectivity index is 0.00000180. The standard InChI is InChI=1S/C11H14Cl2N2O2S.ClH/c12-9-4-1-5-10(11(9)13)18(16,17)15-8-3-2-6-14-7-8;/h1,4-5,8,14-15H,2-3,6-7H2;1H/t8-;/m0./s1. The average Bonchev–Trinajstić information content (AvgIpc) is 2.33. The van der Waals surface area contributed by atoms with Gasteiger partial charge in [0.2, 0.25) is 10.0 Å². The monoisotopic (exact) mass is 344 g/mol. The van der Waals surface area contributed by atoms with Gasteiger partial charge in [0.1, 0.15) is 4.90 Å². The molecule has 2 rings (SSSR count). The molecule has 1 aliphatic heterocycles. The van der Waals surface area contributed by atoms with Crippen LogP contribution in [0.25, 0.3) is 0 Å². The number of hydrogen-bond donors (Lipinski definition) is 2. The average molecular weight is 346 g/mol. The molecule has 0 aromatic heterocycles. The van der Waals surface area contributed by atoms with E-state index >= 15 is 0 Å². The zero-order valence-electron chi connectivity index (χ0n) is 10.0. The molecule has 0 spiro atoms. The van der Waals surface area contributed by atoms with E-state index < -0.39 is 10.0 Å². The van der Waals surface area contributed by atoms with Crippen LogP contribution >= 0.6 is 35.6 Å². The zero-order valence-corrected chi connectivity index (χ0v) is 13.2. The van der Waals surface area contributed by atoms with Crippen LogP contribution in [0.4, 0.5) is 0 Å². The molecule has 4 nitrogen and oxygen atoms in total. The molecule has 1 atom stereocenters. The van der Waals surface area contributed by atoms with Gasteiger partial charge in [-0.3, -0.25) is 0 Å². The molecule has 1 aromatic carbocycles. The highest BCUT2D eigenvalue weighted by Crippen LogP contribution is 2.29. The van der Waals surface area contributed by atoms with Crippen molar-refractivity contribution >= 4 is 45.6 Å². The van der Waals surface area contributed by atoms with E-state index in [1.807, 2.05) is 0 Å². The summed E-state index contributed by atoms with van der Waals surface area (Å²) in [5, 5.41) is 3.45. The number of rotatable bonds is 3. The van der Waals surface area contributed by atoms with Gasteiger partial charge in [-0.1, -0.05) is 29.3 Å². The summed E-state index contributed by atoms with van der Waals surface area (Å²) in [6.07, 6.45) is 1.78. The van der Waals surface area contributed by atoms with E-state index in [0.717, 1.165) is 19.4 Å². The van der Waals surface area contributed by atoms with Crippen molar-refractivity contribution in [3.8, 4) is 0 Å². The molecule has 1 fully saturated rings. The summed E-state index contributed by atoms with van der Waals surface area (Å²) >= 11 is 11.8. The molecule has 0 radical (unpaired) electrons. The van der Waals surface area contributed by atoms with E-state index in [1.165, 1.54) is 6.07 Å². The summed E-state index contributed by atoms with van der Waals surface area (Å²) in [4.78, 5) is 0.0299. The smallest absolute Gasteiger partial charge is 0.242 e. The predicted octanol–water partition coefficient (Wildman–Crippen LogP) is 2.45. The second-order valence-corrected chi connectivity index (χ2v) is 6.68. The van der Waals surface area contributed by atoms with Crippen molar-refractivity contribution in [2.24, 2.45) is 0 Å². The summed E-state index contributed by atoms with van der Waals surface area (Å²) in [7, 11) is -3.62. The van der Waals surface area contributed by atoms with Gasteiger partial charge >= 0.3 is 0 Å². The minimum absolute atomic E-state index is 0. The van der Waals surface area contributed by atoms with Crippen molar-refractivity contribution in [3.05, 3.63) is 28.2 Å². The summed E-state index contributed by atoms with van der Waals surface area (Å²) in [5.74, 6) is 0. The number of benzene rings is 1. The Morgan fingerprint density at radius 3 is 2.68 bits per heavy atom. The van der Waals surface area contributed by atoms with E-state index in [2.05, 4.69) is 10.0 Å². The molecule has 1 heterocycles. The van der Waals surface area contributed by atoms with Crippen molar-refractivity contribution in [1.29, 1.82) is 0 Å². The lowest BCUT2D eigenvalue weighted by atomic mass is 10.1. The largest absolute Gasteiger partial charge is 0.315 e. The first kappa shape index (κ1) is 17.0. The van der Waals surface area contributed by atoms with Gasteiger partial charge in [-0.25, -0.2) is 13.1 Å². The molecule has 19 heavy (non-hydrogen) atoms. The second-order valence-electron chi connectivity index (χ2n) is 4.22. The normalized spacial score (nSPS) is 19.8. The fourth-order valence-electron chi connectivity index (χ4n) is 1.93. The number of hydrogen-bond acceptors (Lipinski definition) is 3. The first-order valence-corrected chi connectivity index (χ1v) is 7.91.